The zero-order valence-corrected chi connectivity index (χ0v) is 16.4. The number of non-ortho nitro benzene ring substituents is 1. The lowest BCUT2D eigenvalue weighted by Crippen LogP contribution is -2.32. The molecule has 0 aliphatic carbocycles. The lowest BCUT2D eigenvalue weighted by atomic mass is 10.1. The molecule has 1 amide bonds. The Morgan fingerprint density at radius 1 is 0.931 bits per heavy atom. The van der Waals surface area contributed by atoms with Gasteiger partial charge in [-0.05, 0) is 17.2 Å². The molecule has 0 fully saturated rings. The molecule has 3 rings (SSSR count). The Morgan fingerprint density at radius 3 is 2.00 bits per heavy atom. The number of rotatable bonds is 8. The normalized spacial score (nSPS) is 10.7. The summed E-state index contributed by atoms with van der Waals surface area (Å²) < 4.78 is 0. The summed E-state index contributed by atoms with van der Waals surface area (Å²) >= 11 is 6.09. The van der Waals surface area contributed by atoms with Crippen molar-refractivity contribution in [1.82, 2.24) is 4.90 Å². The van der Waals surface area contributed by atoms with Crippen LogP contribution in [0.4, 0.5) is 11.4 Å². The van der Waals surface area contributed by atoms with E-state index in [-0.39, 0.29) is 28.8 Å². The van der Waals surface area contributed by atoms with Gasteiger partial charge in [0, 0.05) is 25.2 Å². The van der Waals surface area contributed by atoms with Gasteiger partial charge in [0.15, 0.2) is 0 Å². The summed E-state index contributed by atoms with van der Waals surface area (Å²) in [6.45, 7) is 1.29. The number of carbonyl (C=O) groups excluding carboxylic acids is 1. The van der Waals surface area contributed by atoms with Crippen LogP contribution in [-0.2, 0) is 17.9 Å². The molecule has 0 bridgehead atoms. The quantitative estimate of drug-likeness (QED) is 0.424. The number of hydrogen-bond donors (Lipinski definition) is 1. The highest BCUT2D eigenvalue weighted by Gasteiger charge is 2.16. The van der Waals surface area contributed by atoms with Gasteiger partial charge in [0.05, 0.1) is 22.2 Å². The van der Waals surface area contributed by atoms with Gasteiger partial charge in [-0.2, -0.15) is 0 Å². The minimum Gasteiger partial charge on any atom is -0.323 e. The maximum atomic E-state index is 12.7. The van der Waals surface area contributed by atoms with Gasteiger partial charge >= 0.3 is 0 Å². The molecule has 0 radical (unpaired) electrons. The monoisotopic (exact) mass is 409 g/mol. The van der Waals surface area contributed by atoms with Crippen LogP contribution < -0.4 is 5.32 Å². The molecule has 0 aliphatic heterocycles. The molecule has 0 saturated heterocycles. The second kappa shape index (κ2) is 9.82. The average Bonchev–Trinajstić information content (AvgIpc) is 2.71. The maximum Gasteiger partial charge on any atom is 0.271 e. The molecule has 0 heterocycles. The molecule has 1 N–H and O–H groups in total. The second-order valence-electron chi connectivity index (χ2n) is 6.59. The predicted molar refractivity (Wildman–Crippen MR) is 114 cm³/mol. The first-order valence-corrected chi connectivity index (χ1v) is 9.43. The fourth-order valence-electron chi connectivity index (χ4n) is 2.97. The predicted octanol–water partition coefficient (Wildman–Crippen LogP) is 4.89. The standard InChI is InChI=1S/C22H20ClN3O3/c23-20-12-11-19(26(28)29)13-21(20)24-22(27)16-25(14-17-7-3-1-4-8-17)15-18-9-5-2-6-10-18/h1-13H,14-16H2,(H,24,27). The Balaban J connectivity index is 1.73. The largest absolute Gasteiger partial charge is 0.323 e. The minimum atomic E-state index is -0.525. The summed E-state index contributed by atoms with van der Waals surface area (Å²) in [6.07, 6.45) is 0. The molecule has 3 aromatic rings. The van der Waals surface area contributed by atoms with Crippen LogP contribution in [0.2, 0.25) is 5.02 Å². The van der Waals surface area contributed by atoms with E-state index in [1.54, 1.807) is 0 Å². The Bertz CT molecular complexity index is 940. The average molecular weight is 410 g/mol. The lowest BCUT2D eigenvalue weighted by molar-refractivity contribution is -0.384. The van der Waals surface area contributed by atoms with Crippen molar-refractivity contribution in [3.63, 3.8) is 0 Å². The van der Waals surface area contributed by atoms with E-state index < -0.39 is 4.92 Å². The van der Waals surface area contributed by atoms with Gasteiger partial charge < -0.3 is 5.32 Å². The van der Waals surface area contributed by atoms with Crippen molar-refractivity contribution in [3.8, 4) is 0 Å². The molecule has 0 aromatic heterocycles. The van der Waals surface area contributed by atoms with Gasteiger partial charge in [-0.1, -0.05) is 72.3 Å². The summed E-state index contributed by atoms with van der Waals surface area (Å²) in [5, 5.41) is 13.9. The first-order chi connectivity index (χ1) is 14.0. The third kappa shape index (κ3) is 6.14. The molecule has 0 aliphatic rings. The third-order valence-electron chi connectivity index (χ3n) is 4.30. The Morgan fingerprint density at radius 2 is 1.48 bits per heavy atom. The second-order valence-corrected chi connectivity index (χ2v) is 6.99. The highest BCUT2D eigenvalue weighted by molar-refractivity contribution is 6.33. The van der Waals surface area contributed by atoms with E-state index in [0.717, 1.165) is 11.1 Å². The van der Waals surface area contributed by atoms with Crippen LogP contribution in [0.1, 0.15) is 11.1 Å². The summed E-state index contributed by atoms with van der Waals surface area (Å²) in [6, 6.07) is 23.7. The molecular formula is C22H20ClN3O3. The number of benzene rings is 3. The van der Waals surface area contributed by atoms with E-state index in [0.29, 0.717) is 13.1 Å². The van der Waals surface area contributed by atoms with Gasteiger partial charge in [-0.25, -0.2) is 0 Å². The zero-order chi connectivity index (χ0) is 20.6. The molecule has 6 nitrogen and oxygen atoms in total. The van der Waals surface area contributed by atoms with Crippen molar-refractivity contribution in [1.29, 1.82) is 0 Å². The van der Waals surface area contributed by atoms with Crippen molar-refractivity contribution in [3.05, 3.63) is 105 Å². The number of amides is 1. The zero-order valence-electron chi connectivity index (χ0n) is 15.6. The van der Waals surface area contributed by atoms with Gasteiger partial charge in [0.1, 0.15) is 0 Å². The van der Waals surface area contributed by atoms with Crippen LogP contribution in [0.5, 0.6) is 0 Å². The Labute approximate surface area is 173 Å². The molecule has 0 spiro atoms. The molecule has 29 heavy (non-hydrogen) atoms. The van der Waals surface area contributed by atoms with Crippen LogP contribution in [0.25, 0.3) is 0 Å². The summed E-state index contributed by atoms with van der Waals surface area (Å²) in [5.41, 5.74) is 2.27. The lowest BCUT2D eigenvalue weighted by Gasteiger charge is -2.22. The Hall–Kier alpha value is -3.22. The van der Waals surface area contributed by atoms with Gasteiger partial charge in [-0.3, -0.25) is 19.8 Å². The van der Waals surface area contributed by atoms with Crippen LogP contribution in [0.3, 0.4) is 0 Å². The number of nitrogens with zero attached hydrogens (tertiary/aromatic N) is 2. The van der Waals surface area contributed by atoms with E-state index in [1.165, 1.54) is 18.2 Å². The number of nitrogens with one attached hydrogen (secondary N) is 1. The Kier molecular flexibility index (Phi) is 6.94. The smallest absolute Gasteiger partial charge is 0.271 e. The highest BCUT2D eigenvalue weighted by Crippen LogP contribution is 2.26. The van der Waals surface area contributed by atoms with Crippen molar-refractivity contribution in [2.24, 2.45) is 0 Å². The van der Waals surface area contributed by atoms with E-state index in [2.05, 4.69) is 5.32 Å². The van der Waals surface area contributed by atoms with Crippen molar-refractivity contribution < 1.29 is 9.72 Å². The van der Waals surface area contributed by atoms with E-state index >= 15 is 0 Å². The fourth-order valence-corrected chi connectivity index (χ4v) is 3.13. The molecule has 148 valence electrons. The van der Waals surface area contributed by atoms with Crippen LogP contribution in [0, 0.1) is 10.1 Å². The molecule has 0 saturated carbocycles. The van der Waals surface area contributed by atoms with Crippen LogP contribution >= 0.6 is 11.6 Å². The van der Waals surface area contributed by atoms with E-state index in [9.17, 15) is 14.9 Å². The number of halogens is 1. The first kappa shape index (κ1) is 20.5. The molecule has 3 aromatic carbocycles. The topological polar surface area (TPSA) is 75.5 Å². The highest BCUT2D eigenvalue weighted by atomic mass is 35.5. The summed E-state index contributed by atoms with van der Waals surface area (Å²) in [5.74, 6) is -0.292. The van der Waals surface area contributed by atoms with Gasteiger partial charge in [0.25, 0.3) is 5.69 Å². The van der Waals surface area contributed by atoms with E-state index in [4.69, 9.17) is 11.6 Å². The molecule has 7 heteroatoms. The number of hydrogen-bond acceptors (Lipinski definition) is 4. The number of nitro groups is 1. The van der Waals surface area contributed by atoms with E-state index in [1.807, 2.05) is 65.6 Å². The van der Waals surface area contributed by atoms with Gasteiger partial charge in [0.2, 0.25) is 5.91 Å². The number of anilines is 1. The van der Waals surface area contributed by atoms with Gasteiger partial charge in [-0.15, -0.1) is 0 Å². The minimum absolute atomic E-state index is 0.114. The maximum absolute atomic E-state index is 12.7. The SMILES string of the molecule is O=C(CN(Cc1ccccc1)Cc1ccccc1)Nc1cc([N+](=O)[O-])ccc1Cl. The van der Waals surface area contributed by atoms with Crippen LogP contribution in [0.15, 0.2) is 78.9 Å². The van der Waals surface area contributed by atoms with Crippen molar-refractivity contribution >= 4 is 28.9 Å². The number of carbonyl (C=O) groups is 1. The van der Waals surface area contributed by atoms with Crippen molar-refractivity contribution in [2.75, 3.05) is 11.9 Å². The summed E-state index contributed by atoms with van der Waals surface area (Å²) in [4.78, 5) is 25.1. The van der Waals surface area contributed by atoms with Crippen LogP contribution in [-0.4, -0.2) is 22.3 Å². The molecule has 0 atom stereocenters. The van der Waals surface area contributed by atoms with Crippen molar-refractivity contribution in [2.45, 2.75) is 13.1 Å². The third-order valence-corrected chi connectivity index (χ3v) is 4.63. The fraction of sp³-hybridized carbons (Fsp3) is 0.136. The molecular weight excluding hydrogens is 390 g/mol. The molecule has 0 unspecified atom stereocenters. The number of nitro benzene ring substituents is 1. The first-order valence-electron chi connectivity index (χ1n) is 9.05. The summed E-state index contributed by atoms with van der Waals surface area (Å²) in [7, 11) is 0.